The van der Waals surface area contributed by atoms with E-state index >= 15 is 0 Å². The molecule has 0 radical (unpaired) electrons. The van der Waals surface area contributed by atoms with Crippen LogP contribution in [0.3, 0.4) is 0 Å². The number of furan rings is 1. The van der Waals surface area contributed by atoms with Crippen LogP contribution in [0.15, 0.2) is 35.1 Å². The molecule has 0 unspecified atom stereocenters. The maximum absolute atomic E-state index is 12.8. The molecule has 2 aliphatic rings. The molecule has 0 saturated heterocycles. The van der Waals surface area contributed by atoms with Gasteiger partial charge in [-0.15, -0.1) is 0 Å². The van der Waals surface area contributed by atoms with E-state index in [0.717, 1.165) is 30.4 Å². The lowest BCUT2D eigenvalue weighted by molar-refractivity contribution is -0.192. The summed E-state index contributed by atoms with van der Waals surface area (Å²) in [6, 6.07) is 5.79. The Morgan fingerprint density at radius 3 is 2.53 bits per heavy atom. The highest BCUT2D eigenvalue weighted by Crippen LogP contribution is 2.33. The molecule has 162 valence electrons. The lowest BCUT2D eigenvalue weighted by Gasteiger charge is -2.23. The third-order valence-corrected chi connectivity index (χ3v) is 4.96. The molecule has 1 N–H and O–H groups in total. The maximum atomic E-state index is 12.8. The minimum absolute atomic E-state index is 0.0410. The Hall–Kier alpha value is -3.04. The van der Waals surface area contributed by atoms with Gasteiger partial charge in [0, 0.05) is 37.9 Å². The number of nitrogens with zero attached hydrogens (tertiary/aromatic N) is 3. The van der Waals surface area contributed by atoms with E-state index in [1.54, 1.807) is 12.3 Å². The molecule has 1 amide bonds. The second-order valence-corrected chi connectivity index (χ2v) is 7.30. The summed E-state index contributed by atoms with van der Waals surface area (Å²) in [6.07, 6.45) is 0.969. The minimum atomic E-state index is -5.08. The van der Waals surface area contributed by atoms with Crippen molar-refractivity contribution in [1.82, 2.24) is 9.88 Å². The number of rotatable bonds is 3. The molecule has 0 aromatic carbocycles. The summed E-state index contributed by atoms with van der Waals surface area (Å²) in [7, 11) is 0. The van der Waals surface area contributed by atoms with E-state index in [0.29, 0.717) is 24.4 Å². The molecular weight excluding hydrogens is 403 g/mol. The Balaban J connectivity index is 0.000000318. The molecule has 0 spiro atoms. The average Bonchev–Trinajstić information content (AvgIpc) is 3.44. The number of pyridine rings is 1. The van der Waals surface area contributed by atoms with Crippen molar-refractivity contribution in [3.05, 3.63) is 47.5 Å². The number of hydrogen-bond acceptors (Lipinski definition) is 5. The fourth-order valence-corrected chi connectivity index (χ4v) is 3.21. The van der Waals surface area contributed by atoms with Crippen LogP contribution in [-0.2, 0) is 11.3 Å². The number of aryl methyl sites for hydroxylation is 1. The normalized spacial score (nSPS) is 16.3. The van der Waals surface area contributed by atoms with Gasteiger partial charge < -0.3 is 19.3 Å². The molecule has 1 fully saturated rings. The molecule has 1 saturated carbocycles. The van der Waals surface area contributed by atoms with Gasteiger partial charge in [-0.2, -0.15) is 13.2 Å². The topological polar surface area (TPSA) is 86.9 Å². The fourth-order valence-electron chi connectivity index (χ4n) is 3.21. The van der Waals surface area contributed by atoms with E-state index in [1.165, 1.54) is 12.8 Å². The number of amides is 1. The van der Waals surface area contributed by atoms with Gasteiger partial charge in [-0.05, 0) is 37.8 Å². The molecule has 2 aromatic heterocycles. The van der Waals surface area contributed by atoms with Crippen LogP contribution in [0, 0.1) is 12.8 Å². The fraction of sp³-hybridized carbons (Fsp3) is 0.450. The number of carboxylic acid groups (broad SMARTS) is 1. The van der Waals surface area contributed by atoms with Gasteiger partial charge in [-0.1, -0.05) is 6.07 Å². The van der Waals surface area contributed by atoms with Crippen molar-refractivity contribution < 1.29 is 32.3 Å². The lowest BCUT2D eigenvalue weighted by atomic mass is 10.2. The van der Waals surface area contributed by atoms with Crippen LogP contribution in [0.25, 0.3) is 0 Å². The van der Waals surface area contributed by atoms with Crippen molar-refractivity contribution >= 4 is 17.7 Å². The number of hydrogen-bond donors (Lipinski definition) is 1. The molecule has 0 bridgehead atoms. The van der Waals surface area contributed by atoms with Crippen molar-refractivity contribution in [2.24, 2.45) is 5.92 Å². The van der Waals surface area contributed by atoms with E-state index < -0.39 is 12.1 Å². The van der Waals surface area contributed by atoms with Crippen molar-refractivity contribution in [3.63, 3.8) is 0 Å². The summed E-state index contributed by atoms with van der Waals surface area (Å²) in [5.41, 5.74) is 1.78. The first-order valence-electron chi connectivity index (χ1n) is 9.49. The van der Waals surface area contributed by atoms with Crippen molar-refractivity contribution in [1.29, 1.82) is 0 Å². The van der Waals surface area contributed by atoms with Gasteiger partial charge in [0.05, 0.1) is 11.8 Å². The number of carboxylic acids is 1. The Morgan fingerprint density at radius 1 is 1.27 bits per heavy atom. The Morgan fingerprint density at radius 2 is 1.97 bits per heavy atom. The molecular formula is C20H22F3N3O4. The third-order valence-electron chi connectivity index (χ3n) is 4.96. The predicted octanol–water partition coefficient (Wildman–Crippen LogP) is 3.49. The highest BCUT2D eigenvalue weighted by Gasteiger charge is 2.38. The van der Waals surface area contributed by atoms with Gasteiger partial charge in [-0.3, -0.25) is 4.79 Å². The van der Waals surface area contributed by atoms with Crippen LogP contribution in [-0.4, -0.2) is 52.7 Å². The molecule has 30 heavy (non-hydrogen) atoms. The summed E-state index contributed by atoms with van der Waals surface area (Å²) in [5.74, 6) is -0.200. The van der Waals surface area contributed by atoms with Crippen LogP contribution in [0.2, 0.25) is 0 Å². The van der Waals surface area contributed by atoms with Gasteiger partial charge in [0.15, 0.2) is 0 Å². The van der Waals surface area contributed by atoms with Crippen LogP contribution in [0.4, 0.5) is 19.0 Å². The third kappa shape index (κ3) is 5.31. The Bertz CT molecular complexity index is 909. The largest absolute Gasteiger partial charge is 0.490 e. The van der Waals surface area contributed by atoms with Crippen LogP contribution >= 0.6 is 0 Å². The van der Waals surface area contributed by atoms with E-state index in [4.69, 9.17) is 14.3 Å². The van der Waals surface area contributed by atoms with E-state index in [1.807, 2.05) is 24.1 Å². The Kier molecular flexibility index (Phi) is 6.33. The zero-order valence-corrected chi connectivity index (χ0v) is 16.4. The van der Waals surface area contributed by atoms with Crippen LogP contribution in [0.5, 0.6) is 0 Å². The van der Waals surface area contributed by atoms with Gasteiger partial charge in [-0.25, -0.2) is 9.78 Å². The van der Waals surface area contributed by atoms with E-state index in [2.05, 4.69) is 16.0 Å². The van der Waals surface area contributed by atoms with E-state index in [9.17, 15) is 18.0 Å². The number of carbonyl (C=O) groups excluding carboxylic acids is 1. The average molecular weight is 425 g/mol. The quantitative estimate of drug-likeness (QED) is 0.810. The number of anilines is 1. The zero-order chi connectivity index (χ0) is 21.9. The summed E-state index contributed by atoms with van der Waals surface area (Å²) < 4.78 is 37.0. The molecule has 1 aliphatic carbocycles. The van der Waals surface area contributed by atoms with Gasteiger partial charge >= 0.3 is 12.1 Å². The van der Waals surface area contributed by atoms with Crippen molar-refractivity contribution in [2.75, 3.05) is 24.5 Å². The first-order valence-corrected chi connectivity index (χ1v) is 9.49. The summed E-state index contributed by atoms with van der Waals surface area (Å²) in [4.78, 5) is 30.6. The summed E-state index contributed by atoms with van der Waals surface area (Å²) in [5, 5.41) is 7.12. The van der Waals surface area contributed by atoms with Crippen molar-refractivity contribution in [2.45, 2.75) is 32.5 Å². The van der Waals surface area contributed by atoms with Gasteiger partial charge in [0.25, 0.3) is 5.91 Å². The van der Waals surface area contributed by atoms with E-state index in [-0.39, 0.29) is 5.91 Å². The molecule has 3 heterocycles. The summed E-state index contributed by atoms with van der Waals surface area (Å²) >= 11 is 0. The first kappa shape index (κ1) is 21.7. The molecule has 0 atom stereocenters. The second kappa shape index (κ2) is 8.76. The highest BCUT2D eigenvalue weighted by molar-refractivity contribution is 5.95. The summed E-state index contributed by atoms with van der Waals surface area (Å²) in [6.45, 7) is 5.04. The Labute approximate surface area is 171 Å². The molecule has 4 rings (SSSR count). The molecule has 1 aliphatic heterocycles. The standard InChI is InChI=1S/C18H21N3O2.C2HF3O2/c1-13-16(6-10-23-13)18(22)21-9-8-20(11-14-4-5-14)17-15(12-21)3-2-7-19-17;3-2(4,5)1(6)7/h2-3,6-7,10,14H,4-5,8-9,11-12H2,1H3;(H,6,7). The van der Waals surface area contributed by atoms with Gasteiger partial charge in [0.1, 0.15) is 11.6 Å². The van der Waals surface area contributed by atoms with Crippen LogP contribution in [0.1, 0.15) is 34.5 Å². The number of fused-ring (bicyclic) bond motifs is 1. The molecule has 10 heteroatoms. The first-order chi connectivity index (χ1) is 14.2. The van der Waals surface area contributed by atoms with Gasteiger partial charge in [0.2, 0.25) is 0 Å². The number of aromatic nitrogens is 1. The second-order valence-electron chi connectivity index (χ2n) is 7.30. The lowest BCUT2D eigenvalue weighted by Crippen LogP contribution is -2.36. The SMILES string of the molecule is Cc1occc1C(=O)N1CCN(CC2CC2)c2ncccc2C1.O=C(O)C(F)(F)F. The maximum Gasteiger partial charge on any atom is 0.490 e. The number of aliphatic carboxylic acids is 1. The smallest absolute Gasteiger partial charge is 0.475 e. The number of halogens is 3. The molecule has 7 nitrogen and oxygen atoms in total. The number of carbonyl (C=O) groups is 2. The van der Waals surface area contributed by atoms with Crippen LogP contribution < -0.4 is 4.90 Å². The monoisotopic (exact) mass is 425 g/mol. The van der Waals surface area contributed by atoms with Crippen molar-refractivity contribution in [3.8, 4) is 0 Å². The minimum Gasteiger partial charge on any atom is -0.475 e. The highest BCUT2D eigenvalue weighted by atomic mass is 19.4. The zero-order valence-electron chi connectivity index (χ0n) is 16.4. The predicted molar refractivity (Wildman–Crippen MR) is 101 cm³/mol. The number of alkyl halides is 3. The molecule has 2 aromatic rings.